The number of hydrogen-bond acceptors (Lipinski definition) is 1. The summed E-state index contributed by atoms with van der Waals surface area (Å²) in [5.41, 5.74) is 6.54. The predicted octanol–water partition coefficient (Wildman–Crippen LogP) is 7.32. The molecule has 0 amide bonds. The number of halogens is 1. The smallest absolute Gasteiger partial charge is 0.335 e. The number of aromatic amines is 1. The summed E-state index contributed by atoms with van der Waals surface area (Å²) in [6.45, 7) is 6.32. The molecule has 3 aromatic carbocycles. The van der Waals surface area contributed by atoms with Gasteiger partial charge in [0, 0.05) is 27.4 Å². The van der Waals surface area contributed by atoms with E-state index in [2.05, 4.69) is 37.9 Å². The van der Waals surface area contributed by atoms with Gasteiger partial charge in [-0.1, -0.05) is 63.6 Å². The van der Waals surface area contributed by atoms with E-state index in [1.165, 1.54) is 5.56 Å². The first-order valence-corrected chi connectivity index (χ1v) is 11.1. The van der Waals surface area contributed by atoms with Crippen LogP contribution in [0.25, 0.3) is 33.3 Å². The number of unbranched alkanes of at least 4 members (excludes halogenated alkanes) is 1. The number of rotatable bonds is 5. The summed E-state index contributed by atoms with van der Waals surface area (Å²) in [7, 11) is 0. The first-order chi connectivity index (χ1) is 15.3. The lowest BCUT2D eigenvalue weighted by molar-refractivity contribution is 0.0697. The summed E-state index contributed by atoms with van der Waals surface area (Å²) < 4.78 is 16.0. The number of carboxylic acids is 1. The van der Waals surface area contributed by atoms with Crippen molar-refractivity contribution in [1.82, 2.24) is 4.98 Å². The maximum Gasteiger partial charge on any atom is 0.335 e. The van der Waals surface area contributed by atoms with Crippen LogP contribution in [0.3, 0.4) is 0 Å². The number of fused-ring (bicyclic) bond motifs is 5. The SMILES string of the molecule is CCCCc1ccc(-c2ccc3c(c2F)-c2[nH]c4ccc(C(=O)O)cc4c2C3(C)C)cc1. The summed E-state index contributed by atoms with van der Waals surface area (Å²) in [6.07, 6.45) is 3.33. The topological polar surface area (TPSA) is 53.1 Å². The highest BCUT2D eigenvalue weighted by Gasteiger charge is 2.41. The first kappa shape index (κ1) is 20.5. The molecule has 162 valence electrons. The molecule has 1 aliphatic rings. The van der Waals surface area contributed by atoms with Crippen molar-refractivity contribution in [2.75, 3.05) is 0 Å². The Morgan fingerprint density at radius 2 is 1.81 bits per heavy atom. The van der Waals surface area contributed by atoms with Crippen molar-refractivity contribution in [3.63, 3.8) is 0 Å². The van der Waals surface area contributed by atoms with Crippen molar-refractivity contribution in [3.05, 3.63) is 82.7 Å². The predicted molar refractivity (Wildman–Crippen MR) is 127 cm³/mol. The normalized spacial score (nSPS) is 13.9. The van der Waals surface area contributed by atoms with E-state index in [1.807, 2.05) is 24.3 Å². The van der Waals surface area contributed by atoms with E-state index in [4.69, 9.17) is 0 Å². The molecule has 0 aliphatic heterocycles. The van der Waals surface area contributed by atoms with Gasteiger partial charge in [-0.2, -0.15) is 0 Å². The lowest BCUT2D eigenvalue weighted by Crippen LogP contribution is -2.15. The molecule has 32 heavy (non-hydrogen) atoms. The molecule has 0 atom stereocenters. The van der Waals surface area contributed by atoms with Crippen molar-refractivity contribution in [2.24, 2.45) is 0 Å². The average molecular weight is 428 g/mol. The van der Waals surface area contributed by atoms with E-state index in [1.54, 1.807) is 18.2 Å². The second kappa shape index (κ2) is 7.33. The van der Waals surface area contributed by atoms with Gasteiger partial charge in [0.25, 0.3) is 0 Å². The van der Waals surface area contributed by atoms with Crippen molar-refractivity contribution in [2.45, 2.75) is 45.4 Å². The minimum Gasteiger partial charge on any atom is -0.478 e. The van der Waals surface area contributed by atoms with E-state index in [9.17, 15) is 9.90 Å². The number of H-pyrrole nitrogens is 1. The molecule has 0 unspecified atom stereocenters. The van der Waals surface area contributed by atoms with Crippen LogP contribution in [-0.4, -0.2) is 16.1 Å². The quantitative estimate of drug-likeness (QED) is 0.350. The summed E-state index contributed by atoms with van der Waals surface area (Å²) in [5, 5.41) is 10.3. The highest BCUT2D eigenvalue weighted by atomic mass is 19.1. The van der Waals surface area contributed by atoms with Crippen LogP contribution in [0, 0.1) is 5.82 Å². The van der Waals surface area contributed by atoms with Gasteiger partial charge in [-0.3, -0.25) is 0 Å². The van der Waals surface area contributed by atoms with Crippen molar-refractivity contribution < 1.29 is 14.3 Å². The van der Waals surface area contributed by atoms with E-state index < -0.39 is 11.4 Å². The van der Waals surface area contributed by atoms with Crippen molar-refractivity contribution >= 4 is 16.9 Å². The number of nitrogens with one attached hydrogen (secondary N) is 1. The van der Waals surface area contributed by atoms with Gasteiger partial charge in [-0.15, -0.1) is 0 Å². The van der Waals surface area contributed by atoms with Gasteiger partial charge in [-0.05, 0) is 53.3 Å². The summed E-state index contributed by atoms with van der Waals surface area (Å²) in [4.78, 5) is 14.9. The summed E-state index contributed by atoms with van der Waals surface area (Å²) >= 11 is 0. The molecule has 0 bridgehead atoms. The van der Waals surface area contributed by atoms with Crippen LogP contribution in [0.5, 0.6) is 0 Å². The lowest BCUT2D eigenvalue weighted by atomic mass is 9.81. The van der Waals surface area contributed by atoms with Crippen LogP contribution in [0.1, 0.15) is 60.7 Å². The molecular weight excluding hydrogens is 401 g/mol. The molecule has 1 heterocycles. The second-order valence-corrected chi connectivity index (χ2v) is 9.22. The maximum absolute atomic E-state index is 16.0. The fourth-order valence-electron chi connectivity index (χ4n) is 5.09. The third-order valence-corrected chi connectivity index (χ3v) is 6.82. The highest BCUT2D eigenvalue weighted by Crippen LogP contribution is 2.53. The highest BCUT2D eigenvalue weighted by molar-refractivity contribution is 6.01. The zero-order valence-corrected chi connectivity index (χ0v) is 18.6. The standard InChI is InChI=1S/C28H26FNO2/c1-4-5-6-16-7-9-17(10-8-16)19-12-13-21-23(25(19)29)26-24(28(21,2)3)20-15-18(27(31)32)11-14-22(20)30-26/h7-15,30H,4-6H2,1-3H3,(H,31,32). The fraction of sp³-hybridized carbons (Fsp3) is 0.250. The Labute approximate surface area is 186 Å². The van der Waals surface area contributed by atoms with Crippen LogP contribution >= 0.6 is 0 Å². The van der Waals surface area contributed by atoms with E-state index in [0.717, 1.165) is 52.5 Å². The Bertz CT molecular complexity index is 1360. The first-order valence-electron chi connectivity index (χ1n) is 11.1. The third-order valence-electron chi connectivity index (χ3n) is 6.82. The monoisotopic (exact) mass is 427 g/mol. The van der Waals surface area contributed by atoms with Crippen LogP contribution in [-0.2, 0) is 11.8 Å². The van der Waals surface area contributed by atoms with Gasteiger partial charge in [0.15, 0.2) is 0 Å². The van der Waals surface area contributed by atoms with Crippen molar-refractivity contribution in [1.29, 1.82) is 0 Å². The van der Waals surface area contributed by atoms with E-state index in [-0.39, 0.29) is 11.4 Å². The number of aromatic nitrogens is 1. The molecule has 0 saturated carbocycles. The molecule has 4 aromatic rings. The molecular formula is C28H26FNO2. The van der Waals surface area contributed by atoms with E-state index >= 15 is 4.39 Å². The molecule has 1 aromatic heterocycles. The largest absolute Gasteiger partial charge is 0.478 e. The van der Waals surface area contributed by atoms with Crippen molar-refractivity contribution in [3.8, 4) is 22.4 Å². The zero-order chi connectivity index (χ0) is 22.6. The Balaban J connectivity index is 1.67. The number of benzene rings is 3. The Morgan fingerprint density at radius 1 is 1.06 bits per heavy atom. The number of aromatic carboxylic acids is 1. The minimum absolute atomic E-state index is 0.232. The maximum atomic E-state index is 16.0. The Morgan fingerprint density at radius 3 is 2.50 bits per heavy atom. The summed E-state index contributed by atoms with van der Waals surface area (Å²) in [5.74, 6) is -1.20. The van der Waals surface area contributed by atoms with Gasteiger partial charge in [0.2, 0.25) is 0 Å². The van der Waals surface area contributed by atoms with Crippen LogP contribution < -0.4 is 0 Å². The second-order valence-electron chi connectivity index (χ2n) is 9.22. The molecule has 0 radical (unpaired) electrons. The fourth-order valence-corrected chi connectivity index (χ4v) is 5.09. The molecule has 1 aliphatic carbocycles. The molecule has 0 spiro atoms. The number of carbonyl (C=O) groups is 1. The minimum atomic E-state index is -0.967. The van der Waals surface area contributed by atoms with Crippen LogP contribution in [0.4, 0.5) is 4.39 Å². The van der Waals surface area contributed by atoms with Gasteiger partial charge in [0.1, 0.15) is 5.82 Å². The van der Waals surface area contributed by atoms with E-state index in [0.29, 0.717) is 11.1 Å². The van der Waals surface area contributed by atoms with Crippen LogP contribution in [0.2, 0.25) is 0 Å². The van der Waals surface area contributed by atoms with Gasteiger partial charge in [-0.25, -0.2) is 9.18 Å². The van der Waals surface area contributed by atoms with Crippen LogP contribution in [0.15, 0.2) is 54.6 Å². The molecule has 5 rings (SSSR count). The third kappa shape index (κ3) is 2.97. The van der Waals surface area contributed by atoms with Gasteiger partial charge >= 0.3 is 5.97 Å². The van der Waals surface area contributed by atoms with Gasteiger partial charge < -0.3 is 10.1 Å². The van der Waals surface area contributed by atoms with Gasteiger partial charge in [0.05, 0.1) is 11.3 Å². The molecule has 4 heteroatoms. The zero-order valence-electron chi connectivity index (χ0n) is 18.6. The number of aryl methyl sites for hydroxylation is 1. The number of hydrogen-bond donors (Lipinski definition) is 2. The molecule has 0 saturated heterocycles. The molecule has 2 N–H and O–H groups in total. The lowest BCUT2D eigenvalue weighted by Gasteiger charge is -2.22. The number of carboxylic acid groups (broad SMARTS) is 1. The summed E-state index contributed by atoms with van der Waals surface area (Å²) in [6, 6.07) is 17.1. The Kier molecular flexibility index (Phi) is 4.70. The Hall–Kier alpha value is -3.40. The molecule has 3 nitrogen and oxygen atoms in total. The molecule has 0 fully saturated rings. The average Bonchev–Trinajstić information content (AvgIpc) is 3.26.